The molecule has 0 bridgehead atoms. The topological polar surface area (TPSA) is 20.3 Å². The van der Waals surface area contributed by atoms with Gasteiger partial charge in [-0.15, -0.1) is 0 Å². The summed E-state index contributed by atoms with van der Waals surface area (Å²) in [6, 6.07) is 0. The molecule has 0 N–H and O–H groups in total. The first-order valence-electron chi connectivity index (χ1n) is 5.09. The van der Waals surface area contributed by atoms with Gasteiger partial charge in [-0.25, -0.2) is 4.39 Å². The van der Waals surface area contributed by atoms with Gasteiger partial charge in [-0.05, 0) is 32.6 Å². The third-order valence-corrected chi connectivity index (χ3v) is 3.14. The molecule has 0 spiro atoms. The fraction of sp³-hybridized carbons (Fsp3) is 0.900. The normalized spacial score (nSPS) is 38.9. The molecular formula is C10H16FNO. The Morgan fingerprint density at radius 3 is 2.38 bits per heavy atom. The van der Waals surface area contributed by atoms with Crippen molar-refractivity contribution in [3.05, 3.63) is 0 Å². The molecule has 1 aliphatic heterocycles. The second-order valence-electron chi connectivity index (χ2n) is 4.42. The van der Waals surface area contributed by atoms with Crippen molar-refractivity contribution in [3.63, 3.8) is 0 Å². The number of amides is 1. The van der Waals surface area contributed by atoms with Gasteiger partial charge in [0, 0.05) is 13.1 Å². The van der Waals surface area contributed by atoms with Crippen molar-refractivity contribution in [3.8, 4) is 0 Å². The van der Waals surface area contributed by atoms with Crippen LogP contribution in [0.15, 0.2) is 0 Å². The van der Waals surface area contributed by atoms with Crippen molar-refractivity contribution in [2.24, 2.45) is 5.92 Å². The summed E-state index contributed by atoms with van der Waals surface area (Å²) in [4.78, 5) is 13.5. The summed E-state index contributed by atoms with van der Waals surface area (Å²) in [6.07, 6.45) is 3.81. The first-order chi connectivity index (χ1) is 6.11. The highest BCUT2D eigenvalue weighted by Crippen LogP contribution is 2.47. The van der Waals surface area contributed by atoms with E-state index >= 15 is 0 Å². The number of carbonyl (C=O) groups excluding carboxylic acids is 1. The van der Waals surface area contributed by atoms with E-state index in [-0.39, 0.29) is 11.8 Å². The van der Waals surface area contributed by atoms with Gasteiger partial charge < -0.3 is 4.90 Å². The van der Waals surface area contributed by atoms with Crippen LogP contribution in [-0.2, 0) is 4.79 Å². The molecule has 2 aliphatic rings. The second-order valence-corrected chi connectivity index (χ2v) is 4.42. The minimum Gasteiger partial charge on any atom is -0.342 e. The number of rotatable bonds is 1. The maximum Gasteiger partial charge on any atom is 0.229 e. The highest BCUT2D eigenvalue weighted by atomic mass is 19.1. The molecular weight excluding hydrogens is 169 g/mol. The predicted octanol–water partition coefficient (Wildman–Crippen LogP) is 1.75. The molecule has 2 fully saturated rings. The predicted molar refractivity (Wildman–Crippen MR) is 48.1 cm³/mol. The Morgan fingerprint density at radius 2 is 1.92 bits per heavy atom. The SMILES string of the molecule is CC1(F)C[C@@H]1C(=O)N1CCCCC1. The van der Waals surface area contributed by atoms with Crippen LogP contribution in [0.4, 0.5) is 4.39 Å². The Bertz CT molecular complexity index is 221. The first-order valence-corrected chi connectivity index (χ1v) is 5.09. The van der Waals surface area contributed by atoms with Crippen LogP contribution in [0.3, 0.4) is 0 Å². The van der Waals surface area contributed by atoms with Gasteiger partial charge >= 0.3 is 0 Å². The molecule has 1 amide bonds. The van der Waals surface area contributed by atoms with E-state index in [4.69, 9.17) is 0 Å². The van der Waals surface area contributed by atoms with E-state index in [0.29, 0.717) is 6.42 Å². The Morgan fingerprint density at radius 1 is 1.38 bits per heavy atom. The summed E-state index contributed by atoms with van der Waals surface area (Å²) < 4.78 is 13.2. The quantitative estimate of drug-likeness (QED) is 0.609. The Kier molecular flexibility index (Phi) is 2.05. The molecule has 2 nitrogen and oxygen atoms in total. The van der Waals surface area contributed by atoms with E-state index < -0.39 is 5.67 Å². The summed E-state index contributed by atoms with van der Waals surface area (Å²) in [5.74, 6) is -0.282. The largest absolute Gasteiger partial charge is 0.342 e. The van der Waals surface area contributed by atoms with E-state index in [1.54, 1.807) is 0 Å². The molecule has 0 aromatic carbocycles. The Balaban J connectivity index is 1.90. The Labute approximate surface area is 78.1 Å². The fourth-order valence-corrected chi connectivity index (χ4v) is 2.02. The van der Waals surface area contributed by atoms with Crippen molar-refractivity contribution >= 4 is 5.91 Å². The minimum absolute atomic E-state index is 0.0460. The standard InChI is InChI=1S/C10H16FNO/c1-10(11)7-8(10)9(13)12-5-3-2-4-6-12/h8H,2-7H2,1H3/t8-,10?/m1/s1. The molecule has 1 heterocycles. The molecule has 74 valence electrons. The van der Waals surface area contributed by atoms with Crippen LogP contribution in [0.5, 0.6) is 0 Å². The highest BCUT2D eigenvalue weighted by molar-refractivity contribution is 5.83. The van der Waals surface area contributed by atoms with Crippen molar-refractivity contribution < 1.29 is 9.18 Å². The van der Waals surface area contributed by atoms with Gasteiger partial charge in [0.1, 0.15) is 5.67 Å². The second kappa shape index (κ2) is 2.96. The van der Waals surface area contributed by atoms with Crippen LogP contribution < -0.4 is 0 Å². The summed E-state index contributed by atoms with van der Waals surface area (Å²) in [6.45, 7) is 3.20. The number of halogens is 1. The van der Waals surface area contributed by atoms with Crippen molar-refractivity contribution in [1.29, 1.82) is 0 Å². The number of nitrogens with zero attached hydrogens (tertiary/aromatic N) is 1. The highest BCUT2D eigenvalue weighted by Gasteiger charge is 2.56. The van der Waals surface area contributed by atoms with Crippen molar-refractivity contribution in [2.45, 2.75) is 38.3 Å². The number of hydrogen-bond donors (Lipinski definition) is 0. The zero-order valence-electron chi connectivity index (χ0n) is 8.05. The third-order valence-electron chi connectivity index (χ3n) is 3.14. The van der Waals surface area contributed by atoms with Crippen LogP contribution in [0.1, 0.15) is 32.6 Å². The van der Waals surface area contributed by atoms with Crippen molar-refractivity contribution in [1.82, 2.24) is 4.90 Å². The van der Waals surface area contributed by atoms with E-state index in [2.05, 4.69) is 0 Å². The van der Waals surface area contributed by atoms with E-state index in [9.17, 15) is 9.18 Å². The number of alkyl halides is 1. The minimum atomic E-state index is -1.20. The maximum absolute atomic E-state index is 13.2. The van der Waals surface area contributed by atoms with Crippen LogP contribution >= 0.6 is 0 Å². The van der Waals surface area contributed by atoms with Crippen molar-refractivity contribution in [2.75, 3.05) is 13.1 Å². The first kappa shape index (κ1) is 8.97. The molecule has 1 saturated heterocycles. The Hall–Kier alpha value is -0.600. The molecule has 0 radical (unpaired) electrons. The number of hydrogen-bond acceptors (Lipinski definition) is 1. The van der Waals surface area contributed by atoms with Crippen LogP contribution in [-0.4, -0.2) is 29.6 Å². The average molecular weight is 185 g/mol. The van der Waals surface area contributed by atoms with Gasteiger partial charge in [0.05, 0.1) is 5.92 Å². The molecule has 2 rings (SSSR count). The van der Waals surface area contributed by atoms with E-state index in [1.165, 1.54) is 13.3 Å². The summed E-state index contributed by atoms with van der Waals surface area (Å²) in [5, 5.41) is 0. The lowest BCUT2D eigenvalue weighted by Gasteiger charge is -2.26. The van der Waals surface area contributed by atoms with Gasteiger partial charge in [-0.2, -0.15) is 0 Å². The van der Waals surface area contributed by atoms with E-state index in [0.717, 1.165) is 25.9 Å². The lowest BCUT2D eigenvalue weighted by Crippen LogP contribution is -2.37. The van der Waals surface area contributed by atoms with Crippen LogP contribution in [0.25, 0.3) is 0 Å². The molecule has 13 heavy (non-hydrogen) atoms. The average Bonchev–Trinajstić information content (AvgIpc) is 2.76. The lowest BCUT2D eigenvalue weighted by molar-refractivity contribution is -0.134. The maximum atomic E-state index is 13.2. The van der Waals surface area contributed by atoms with Crippen LogP contribution in [0.2, 0.25) is 0 Å². The fourth-order valence-electron chi connectivity index (χ4n) is 2.02. The van der Waals surface area contributed by atoms with Gasteiger partial charge in [0.25, 0.3) is 0 Å². The molecule has 0 aromatic heterocycles. The van der Waals surface area contributed by atoms with Crippen LogP contribution in [0, 0.1) is 5.92 Å². The number of piperidine rings is 1. The lowest BCUT2D eigenvalue weighted by atomic mass is 10.1. The monoisotopic (exact) mass is 185 g/mol. The van der Waals surface area contributed by atoms with Gasteiger partial charge in [0.2, 0.25) is 5.91 Å². The zero-order chi connectivity index (χ0) is 9.47. The zero-order valence-corrected chi connectivity index (χ0v) is 8.05. The summed E-state index contributed by atoms with van der Waals surface area (Å²) in [7, 11) is 0. The summed E-state index contributed by atoms with van der Waals surface area (Å²) >= 11 is 0. The molecule has 2 atom stereocenters. The molecule has 0 aromatic rings. The number of carbonyl (C=O) groups is 1. The molecule has 1 saturated carbocycles. The van der Waals surface area contributed by atoms with Gasteiger partial charge in [0.15, 0.2) is 0 Å². The van der Waals surface area contributed by atoms with Gasteiger partial charge in [-0.3, -0.25) is 4.79 Å². The third kappa shape index (κ3) is 1.69. The summed E-state index contributed by atoms with van der Waals surface area (Å²) in [5.41, 5.74) is -1.20. The molecule has 1 aliphatic carbocycles. The van der Waals surface area contributed by atoms with Gasteiger partial charge in [-0.1, -0.05) is 0 Å². The number of likely N-dealkylation sites (tertiary alicyclic amines) is 1. The van der Waals surface area contributed by atoms with E-state index in [1.807, 2.05) is 4.90 Å². The smallest absolute Gasteiger partial charge is 0.229 e. The molecule has 3 heteroatoms. The molecule has 1 unspecified atom stereocenters.